The van der Waals surface area contributed by atoms with Crippen molar-refractivity contribution in [1.82, 2.24) is 0 Å². The van der Waals surface area contributed by atoms with E-state index in [-0.39, 0.29) is 23.5 Å². The second-order valence-corrected chi connectivity index (χ2v) is 5.40. The molecule has 0 radical (unpaired) electrons. The molecule has 2 fully saturated rings. The molecule has 2 aliphatic rings. The Bertz CT molecular complexity index is 522. The van der Waals surface area contributed by atoms with Crippen molar-refractivity contribution in [2.75, 3.05) is 0 Å². The van der Waals surface area contributed by atoms with Gasteiger partial charge in [-0.15, -0.1) is 0 Å². The third kappa shape index (κ3) is 2.62. The lowest BCUT2D eigenvalue weighted by atomic mass is 9.96. The van der Waals surface area contributed by atoms with Crippen LogP contribution in [0.2, 0.25) is 0 Å². The molecule has 3 nitrogen and oxygen atoms in total. The van der Waals surface area contributed by atoms with Crippen molar-refractivity contribution in [1.29, 1.82) is 0 Å². The number of hydrogen-bond acceptors (Lipinski definition) is 3. The van der Waals surface area contributed by atoms with Crippen LogP contribution in [0.1, 0.15) is 48.9 Å². The highest BCUT2D eigenvalue weighted by Gasteiger charge is 2.27. The number of ether oxygens (including phenoxy) is 2. The van der Waals surface area contributed by atoms with E-state index < -0.39 is 17.6 Å². The number of rotatable bonds is 4. The van der Waals surface area contributed by atoms with E-state index in [1.807, 2.05) is 0 Å². The molecular formula is C15H16F2O3. The zero-order chi connectivity index (χ0) is 14.1. The van der Waals surface area contributed by atoms with Crippen molar-refractivity contribution < 1.29 is 23.0 Å². The molecule has 2 aliphatic carbocycles. The zero-order valence-electron chi connectivity index (χ0n) is 11.0. The summed E-state index contributed by atoms with van der Waals surface area (Å²) in [5, 5.41) is 0. The van der Waals surface area contributed by atoms with E-state index in [2.05, 4.69) is 0 Å². The summed E-state index contributed by atoms with van der Waals surface area (Å²) >= 11 is 0. The van der Waals surface area contributed by atoms with E-state index in [0.29, 0.717) is 0 Å². The van der Waals surface area contributed by atoms with Gasteiger partial charge in [0.1, 0.15) is 17.4 Å². The first-order valence-corrected chi connectivity index (χ1v) is 7.00. The average Bonchev–Trinajstić information content (AvgIpc) is 2.32. The van der Waals surface area contributed by atoms with Crippen LogP contribution in [0.3, 0.4) is 0 Å². The topological polar surface area (TPSA) is 35.5 Å². The summed E-state index contributed by atoms with van der Waals surface area (Å²) in [5.41, 5.74) is -0.383. The van der Waals surface area contributed by atoms with Gasteiger partial charge in [0.15, 0.2) is 11.6 Å². The third-order valence-corrected chi connectivity index (χ3v) is 3.90. The van der Waals surface area contributed by atoms with Crippen LogP contribution in [0.15, 0.2) is 12.1 Å². The molecule has 1 aromatic carbocycles. The predicted octanol–water partition coefficient (Wildman–Crippen LogP) is 3.61. The Morgan fingerprint density at radius 1 is 1.05 bits per heavy atom. The Labute approximate surface area is 115 Å². The van der Waals surface area contributed by atoms with Crippen molar-refractivity contribution in [3.8, 4) is 5.75 Å². The van der Waals surface area contributed by atoms with Crippen LogP contribution in [-0.2, 0) is 4.74 Å². The summed E-state index contributed by atoms with van der Waals surface area (Å²) in [6, 6.07) is 2.21. The molecular weight excluding hydrogens is 266 g/mol. The Morgan fingerprint density at radius 2 is 1.70 bits per heavy atom. The molecule has 0 atom stereocenters. The summed E-state index contributed by atoms with van der Waals surface area (Å²) in [7, 11) is 0. The minimum atomic E-state index is -1.17. The molecule has 0 heterocycles. The van der Waals surface area contributed by atoms with Gasteiger partial charge in [0, 0.05) is 6.07 Å². The van der Waals surface area contributed by atoms with E-state index in [1.54, 1.807) is 0 Å². The molecule has 1 aromatic rings. The lowest BCUT2D eigenvalue weighted by molar-refractivity contribution is 0.00832. The Hall–Kier alpha value is -1.65. The summed E-state index contributed by atoms with van der Waals surface area (Å²) < 4.78 is 37.9. The fourth-order valence-corrected chi connectivity index (χ4v) is 2.17. The van der Waals surface area contributed by atoms with Crippen molar-refractivity contribution in [2.24, 2.45) is 0 Å². The fraction of sp³-hybridized carbons (Fsp3) is 0.533. The molecule has 0 bridgehead atoms. The van der Waals surface area contributed by atoms with Gasteiger partial charge in [-0.25, -0.2) is 13.6 Å². The van der Waals surface area contributed by atoms with Gasteiger partial charge in [0.25, 0.3) is 0 Å². The van der Waals surface area contributed by atoms with E-state index in [9.17, 15) is 13.6 Å². The van der Waals surface area contributed by atoms with Crippen molar-refractivity contribution >= 4 is 5.97 Å². The Kier molecular flexibility index (Phi) is 3.59. The van der Waals surface area contributed by atoms with Gasteiger partial charge < -0.3 is 9.47 Å². The number of esters is 1. The molecule has 0 saturated heterocycles. The lowest BCUT2D eigenvalue weighted by Crippen LogP contribution is -2.26. The highest BCUT2D eigenvalue weighted by atomic mass is 19.2. The van der Waals surface area contributed by atoms with E-state index in [1.165, 1.54) is 6.07 Å². The lowest BCUT2D eigenvalue weighted by Gasteiger charge is -2.27. The summed E-state index contributed by atoms with van der Waals surface area (Å²) in [5.74, 6) is -2.88. The first-order valence-electron chi connectivity index (χ1n) is 7.00. The van der Waals surface area contributed by atoms with Crippen LogP contribution in [-0.4, -0.2) is 18.2 Å². The fourth-order valence-electron chi connectivity index (χ4n) is 2.17. The summed E-state index contributed by atoms with van der Waals surface area (Å²) in [6.07, 6.45) is 5.32. The Balaban J connectivity index is 1.77. The molecule has 0 unspecified atom stereocenters. The molecule has 108 valence electrons. The second kappa shape index (κ2) is 5.38. The highest BCUT2D eigenvalue weighted by Crippen LogP contribution is 2.29. The van der Waals surface area contributed by atoms with Crippen LogP contribution >= 0.6 is 0 Å². The molecule has 0 N–H and O–H groups in total. The molecule has 20 heavy (non-hydrogen) atoms. The van der Waals surface area contributed by atoms with Gasteiger partial charge in [0.2, 0.25) is 0 Å². The van der Waals surface area contributed by atoms with E-state index in [4.69, 9.17) is 9.47 Å². The smallest absolute Gasteiger partial charge is 0.341 e. The van der Waals surface area contributed by atoms with Gasteiger partial charge in [-0.3, -0.25) is 0 Å². The van der Waals surface area contributed by atoms with Gasteiger partial charge in [0.05, 0.1) is 6.10 Å². The SMILES string of the molecule is O=C(OC1CCC1)c1cc(OC2CCC2)cc(F)c1F. The molecule has 0 aromatic heterocycles. The minimum absolute atomic E-state index is 0.0374. The molecule has 0 aliphatic heterocycles. The maximum absolute atomic E-state index is 13.7. The summed E-state index contributed by atoms with van der Waals surface area (Å²) in [4.78, 5) is 11.9. The molecule has 0 amide bonds. The number of halogens is 2. The monoisotopic (exact) mass is 282 g/mol. The zero-order valence-corrected chi connectivity index (χ0v) is 11.0. The van der Waals surface area contributed by atoms with Gasteiger partial charge in [-0.05, 0) is 44.6 Å². The van der Waals surface area contributed by atoms with Gasteiger partial charge in [-0.1, -0.05) is 0 Å². The van der Waals surface area contributed by atoms with E-state index >= 15 is 0 Å². The molecule has 3 rings (SSSR count). The largest absolute Gasteiger partial charge is 0.490 e. The van der Waals surface area contributed by atoms with Crippen LogP contribution in [0.4, 0.5) is 8.78 Å². The van der Waals surface area contributed by atoms with Gasteiger partial charge in [-0.2, -0.15) is 0 Å². The first kappa shape index (κ1) is 13.3. The number of carbonyl (C=O) groups is 1. The minimum Gasteiger partial charge on any atom is -0.490 e. The van der Waals surface area contributed by atoms with Crippen LogP contribution in [0.5, 0.6) is 5.75 Å². The van der Waals surface area contributed by atoms with Crippen LogP contribution in [0.25, 0.3) is 0 Å². The summed E-state index contributed by atoms with van der Waals surface area (Å²) in [6.45, 7) is 0. The maximum atomic E-state index is 13.7. The maximum Gasteiger partial charge on any atom is 0.341 e. The van der Waals surface area contributed by atoms with Crippen molar-refractivity contribution in [3.63, 3.8) is 0 Å². The Morgan fingerprint density at radius 3 is 2.25 bits per heavy atom. The predicted molar refractivity (Wildman–Crippen MR) is 67.7 cm³/mol. The van der Waals surface area contributed by atoms with Crippen LogP contribution in [0, 0.1) is 11.6 Å². The number of carbonyl (C=O) groups excluding carboxylic acids is 1. The van der Waals surface area contributed by atoms with Crippen molar-refractivity contribution in [3.05, 3.63) is 29.3 Å². The van der Waals surface area contributed by atoms with E-state index in [0.717, 1.165) is 44.6 Å². The number of hydrogen-bond donors (Lipinski definition) is 0. The molecule has 2 saturated carbocycles. The second-order valence-electron chi connectivity index (χ2n) is 5.40. The standard InChI is InChI=1S/C15H16F2O3/c16-13-8-11(19-9-3-1-4-9)7-12(14(13)17)15(18)20-10-5-2-6-10/h7-10H,1-6H2. The van der Waals surface area contributed by atoms with Crippen LogP contribution < -0.4 is 4.74 Å². The molecule has 5 heteroatoms. The average molecular weight is 282 g/mol. The highest BCUT2D eigenvalue weighted by molar-refractivity contribution is 5.90. The molecule has 0 spiro atoms. The number of benzene rings is 1. The first-order chi connectivity index (χ1) is 9.63. The normalized spacial score (nSPS) is 19.1. The van der Waals surface area contributed by atoms with Gasteiger partial charge >= 0.3 is 5.97 Å². The quantitative estimate of drug-likeness (QED) is 0.791. The van der Waals surface area contributed by atoms with Crippen molar-refractivity contribution in [2.45, 2.75) is 50.7 Å². The third-order valence-electron chi connectivity index (χ3n) is 3.90.